The van der Waals surface area contributed by atoms with Gasteiger partial charge in [-0.1, -0.05) is 24.5 Å². The molecule has 4 rings (SSSR count). The lowest BCUT2D eigenvalue weighted by molar-refractivity contribution is 0.0472. The molecule has 0 radical (unpaired) electrons. The minimum Gasteiger partial charge on any atom is -0.478 e. The van der Waals surface area contributed by atoms with Crippen LogP contribution in [0.4, 0.5) is 5.69 Å². The van der Waals surface area contributed by atoms with Crippen LogP contribution in [0.25, 0.3) is 11.0 Å². The van der Waals surface area contributed by atoms with Gasteiger partial charge < -0.3 is 19.9 Å². The van der Waals surface area contributed by atoms with Crippen molar-refractivity contribution in [1.82, 2.24) is 14.8 Å². The first-order chi connectivity index (χ1) is 16.4. The monoisotopic (exact) mass is 464 g/mol. The first-order valence-electron chi connectivity index (χ1n) is 11.6. The molecule has 10 heteroatoms. The lowest BCUT2D eigenvalue weighted by Gasteiger charge is -2.26. The van der Waals surface area contributed by atoms with E-state index in [-0.39, 0.29) is 23.8 Å². The molecule has 9 nitrogen and oxygen atoms in total. The standard InChI is InChI=1S/C24H29BN4O5/c1-3-20-19(13-34-24(32)15-9-14(23(30)31)10-16(25)11-15)21(27-17-5-7-33-8-6-17)18-12-26-29(4-2)22(18)28-20/h9-12,17H,3-8,13,25H2,1-2H3,(H,27,28)(H,30,31). The fourth-order valence-electron chi connectivity index (χ4n) is 4.31. The average Bonchev–Trinajstić information content (AvgIpc) is 3.26. The molecule has 1 saturated heterocycles. The highest BCUT2D eigenvalue weighted by Crippen LogP contribution is 2.32. The second-order valence-corrected chi connectivity index (χ2v) is 8.46. The maximum Gasteiger partial charge on any atom is 0.338 e. The summed E-state index contributed by atoms with van der Waals surface area (Å²) >= 11 is 0. The molecule has 1 aliphatic rings. The molecule has 0 aliphatic carbocycles. The third-order valence-corrected chi connectivity index (χ3v) is 6.08. The Bertz CT molecular complexity index is 1220. The van der Waals surface area contributed by atoms with Crippen molar-refractivity contribution in [3.63, 3.8) is 0 Å². The maximum absolute atomic E-state index is 12.9. The number of hydrogen-bond donors (Lipinski definition) is 2. The molecule has 2 N–H and O–H groups in total. The molecule has 2 aromatic heterocycles. The molecule has 0 saturated carbocycles. The number of carboxylic acid groups (broad SMARTS) is 1. The first kappa shape index (κ1) is 23.8. The number of aromatic carboxylic acids is 1. The summed E-state index contributed by atoms with van der Waals surface area (Å²) in [6, 6.07) is 4.72. The van der Waals surface area contributed by atoms with Gasteiger partial charge >= 0.3 is 11.9 Å². The van der Waals surface area contributed by atoms with Crippen LogP contribution < -0.4 is 10.8 Å². The number of nitrogens with zero attached hydrogens (tertiary/aromatic N) is 3. The zero-order valence-corrected chi connectivity index (χ0v) is 19.8. The number of anilines is 1. The third-order valence-electron chi connectivity index (χ3n) is 6.08. The topological polar surface area (TPSA) is 116 Å². The minimum atomic E-state index is -1.09. The molecule has 0 atom stereocenters. The Morgan fingerprint density at radius 1 is 1.24 bits per heavy atom. The highest BCUT2D eigenvalue weighted by molar-refractivity contribution is 6.33. The molecular weight excluding hydrogens is 435 g/mol. The van der Waals surface area contributed by atoms with E-state index in [1.165, 1.54) is 12.1 Å². The number of ether oxygens (including phenoxy) is 2. The molecule has 178 valence electrons. The van der Waals surface area contributed by atoms with Gasteiger partial charge in [-0.05, 0) is 32.3 Å². The maximum atomic E-state index is 12.9. The molecule has 0 unspecified atom stereocenters. The number of esters is 1. The van der Waals surface area contributed by atoms with Gasteiger partial charge in [-0.3, -0.25) is 0 Å². The van der Waals surface area contributed by atoms with E-state index in [2.05, 4.69) is 10.4 Å². The van der Waals surface area contributed by atoms with Crippen molar-refractivity contribution < 1.29 is 24.2 Å². The van der Waals surface area contributed by atoms with Gasteiger partial charge in [-0.15, -0.1) is 0 Å². The summed E-state index contributed by atoms with van der Waals surface area (Å²) in [4.78, 5) is 29.1. The van der Waals surface area contributed by atoms with Crippen LogP contribution in [0.15, 0.2) is 24.4 Å². The van der Waals surface area contributed by atoms with Gasteiger partial charge in [0.1, 0.15) is 14.5 Å². The first-order valence-corrected chi connectivity index (χ1v) is 11.6. The van der Waals surface area contributed by atoms with Crippen LogP contribution in [-0.2, 0) is 29.0 Å². The second-order valence-electron chi connectivity index (χ2n) is 8.46. The highest BCUT2D eigenvalue weighted by Gasteiger charge is 2.23. The van der Waals surface area contributed by atoms with Crippen molar-refractivity contribution in [1.29, 1.82) is 0 Å². The number of benzene rings is 1. The van der Waals surface area contributed by atoms with Crippen molar-refractivity contribution in [3.8, 4) is 0 Å². The largest absolute Gasteiger partial charge is 0.478 e. The summed E-state index contributed by atoms with van der Waals surface area (Å²) < 4.78 is 13.1. The number of hydrogen-bond acceptors (Lipinski definition) is 7. The highest BCUT2D eigenvalue weighted by atomic mass is 16.5. The quantitative estimate of drug-likeness (QED) is 0.384. The van der Waals surface area contributed by atoms with Crippen molar-refractivity contribution in [2.45, 2.75) is 52.3 Å². The lowest BCUT2D eigenvalue weighted by Crippen LogP contribution is -2.28. The van der Waals surface area contributed by atoms with Crippen molar-refractivity contribution in [3.05, 3.63) is 46.8 Å². The van der Waals surface area contributed by atoms with E-state index >= 15 is 0 Å². The summed E-state index contributed by atoms with van der Waals surface area (Å²) in [5.74, 6) is -1.66. The van der Waals surface area contributed by atoms with Crippen LogP contribution in [0, 0.1) is 0 Å². The Morgan fingerprint density at radius 3 is 2.65 bits per heavy atom. The number of aryl methyl sites for hydroxylation is 2. The van der Waals surface area contributed by atoms with Gasteiger partial charge in [0.2, 0.25) is 0 Å². The molecule has 1 aliphatic heterocycles. The Kier molecular flexibility index (Phi) is 7.16. The fourth-order valence-corrected chi connectivity index (χ4v) is 4.31. The lowest BCUT2D eigenvalue weighted by atomic mass is 9.92. The van der Waals surface area contributed by atoms with Crippen LogP contribution >= 0.6 is 0 Å². The predicted molar refractivity (Wildman–Crippen MR) is 131 cm³/mol. The number of rotatable bonds is 8. The van der Waals surface area contributed by atoms with Crippen molar-refractivity contribution >= 4 is 42.0 Å². The zero-order chi connectivity index (χ0) is 24.2. The molecule has 0 spiro atoms. The van der Waals surface area contributed by atoms with E-state index in [1.807, 2.05) is 18.5 Å². The molecule has 3 heterocycles. The fraction of sp³-hybridized carbons (Fsp3) is 0.417. The van der Waals surface area contributed by atoms with E-state index in [0.29, 0.717) is 31.6 Å². The molecule has 0 bridgehead atoms. The van der Waals surface area contributed by atoms with Crippen LogP contribution in [0.1, 0.15) is 58.7 Å². The van der Waals surface area contributed by atoms with Crippen LogP contribution in [0.5, 0.6) is 0 Å². The Hall–Kier alpha value is -3.40. The summed E-state index contributed by atoms with van der Waals surface area (Å²) in [6.45, 7) is 6.15. The average molecular weight is 464 g/mol. The summed E-state index contributed by atoms with van der Waals surface area (Å²) in [5, 5.41) is 18.4. The number of carbonyl (C=O) groups is 2. The Labute approximate surface area is 198 Å². The van der Waals surface area contributed by atoms with E-state index in [9.17, 15) is 14.7 Å². The van der Waals surface area contributed by atoms with Gasteiger partial charge in [0.25, 0.3) is 0 Å². The molecule has 1 fully saturated rings. The van der Waals surface area contributed by atoms with E-state index in [0.717, 1.165) is 40.8 Å². The number of carbonyl (C=O) groups excluding carboxylic acids is 1. The normalized spacial score (nSPS) is 14.3. The molecule has 34 heavy (non-hydrogen) atoms. The van der Waals surface area contributed by atoms with E-state index in [1.54, 1.807) is 20.1 Å². The Morgan fingerprint density at radius 2 is 1.97 bits per heavy atom. The Balaban J connectivity index is 1.68. The molecular formula is C24H29BN4O5. The van der Waals surface area contributed by atoms with Gasteiger partial charge in [0.15, 0.2) is 5.65 Å². The van der Waals surface area contributed by atoms with Crippen LogP contribution in [-0.4, -0.2) is 58.9 Å². The third kappa shape index (κ3) is 4.91. The van der Waals surface area contributed by atoms with E-state index in [4.69, 9.17) is 14.5 Å². The summed E-state index contributed by atoms with van der Waals surface area (Å²) in [5.41, 5.74) is 4.28. The summed E-state index contributed by atoms with van der Waals surface area (Å²) in [7, 11) is 1.75. The minimum absolute atomic E-state index is 0.0180. The van der Waals surface area contributed by atoms with Crippen molar-refractivity contribution in [2.24, 2.45) is 0 Å². The zero-order valence-electron chi connectivity index (χ0n) is 19.8. The number of nitrogens with one attached hydrogen (secondary N) is 1. The predicted octanol–water partition coefficient (Wildman–Crippen LogP) is 1.92. The smallest absolute Gasteiger partial charge is 0.338 e. The molecule has 1 aromatic carbocycles. The number of carboxylic acids is 1. The van der Waals surface area contributed by atoms with Crippen LogP contribution in [0.2, 0.25) is 0 Å². The number of aromatic nitrogens is 3. The second kappa shape index (κ2) is 10.3. The number of fused-ring (bicyclic) bond motifs is 1. The SMILES string of the molecule is Bc1cc(C(=O)O)cc(C(=O)OCc2c(CC)nc3c(cnn3CC)c2NC2CCOCC2)c1. The van der Waals surface area contributed by atoms with Gasteiger partial charge in [-0.2, -0.15) is 5.10 Å². The van der Waals surface area contributed by atoms with E-state index < -0.39 is 11.9 Å². The van der Waals surface area contributed by atoms with Gasteiger partial charge in [-0.25, -0.2) is 19.3 Å². The summed E-state index contributed by atoms with van der Waals surface area (Å²) in [6.07, 6.45) is 4.23. The van der Waals surface area contributed by atoms with Crippen molar-refractivity contribution in [2.75, 3.05) is 18.5 Å². The molecule has 0 amide bonds. The van der Waals surface area contributed by atoms with Gasteiger partial charge in [0.05, 0.1) is 34.1 Å². The van der Waals surface area contributed by atoms with Gasteiger partial charge in [0, 0.05) is 31.4 Å². The van der Waals surface area contributed by atoms with Crippen LogP contribution in [0.3, 0.4) is 0 Å². The molecule has 3 aromatic rings. The number of pyridine rings is 1.